The molecule has 1 aliphatic heterocycles. The first-order valence-corrected chi connectivity index (χ1v) is 8.37. The molecule has 2 atom stereocenters. The van der Waals surface area contributed by atoms with Gasteiger partial charge in [-0.2, -0.15) is 0 Å². The van der Waals surface area contributed by atoms with Gasteiger partial charge in [0.25, 0.3) is 0 Å². The van der Waals surface area contributed by atoms with Crippen molar-refractivity contribution in [2.75, 3.05) is 24.5 Å². The lowest BCUT2D eigenvalue weighted by Gasteiger charge is -2.34. The number of hydrogen-bond acceptors (Lipinski definition) is 3. The molecule has 0 aliphatic carbocycles. The molecule has 2 rings (SSSR count). The minimum Gasteiger partial charge on any atom is -0.391 e. The summed E-state index contributed by atoms with van der Waals surface area (Å²) in [6.45, 7) is 7.20. The molecule has 0 radical (unpaired) electrons. The van der Waals surface area contributed by atoms with Crippen LogP contribution in [0.3, 0.4) is 0 Å². The summed E-state index contributed by atoms with van der Waals surface area (Å²) in [6.07, 6.45) is 2.93. The number of aliphatic hydroxyl groups is 1. The van der Waals surface area contributed by atoms with Crippen LogP contribution in [0.25, 0.3) is 0 Å². The Balaban J connectivity index is 2.22. The van der Waals surface area contributed by atoms with E-state index in [0.717, 1.165) is 43.4 Å². The van der Waals surface area contributed by atoms with Crippen molar-refractivity contribution >= 4 is 21.6 Å². The summed E-state index contributed by atoms with van der Waals surface area (Å²) in [4.78, 5) is 2.32. The number of aliphatic hydroxyl groups excluding tert-OH is 1. The molecule has 112 valence electrons. The number of anilines is 1. The fraction of sp³-hybridized carbons (Fsp3) is 0.625. The molecule has 1 aromatic carbocycles. The Kier molecular flexibility index (Phi) is 5.87. The number of hydrogen-bond donors (Lipinski definition) is 2. The van der Waals surface area contributed by atoms with Gasteiger partial charge in [-0.3, -0.25) is 0 Å². The molecule has 1 aliphatic rings. The first kappa shape index (κ1) is 15.8. The van der Waals surface area contributed by atoms with Gasteiger partial charge in [0.1, 0.15) is 0 Å². The van der Waals surface area contributed by atoms with Crippen molar-refractivity contribution in [1.82, 2.24) is 5.32 Å². The summed E-state index contributed by atoms with van der Waals surface area (Å²) >= 11 is 3.57. The van der Waals surface area contributed by atoms with Crippen molar-refractivity contribution < 1.29 is 5.11 Å². The Bertz CT molecular complexity index is 438. The first-order valence-electron chi connectivity index (χ1n) is 7.57. The maximum atomic E-state index is 9.90. The largest absolute Gasteiger partial charge is 0.391 e. The highest BCUT2D eigenvalue weighted by Gasteiger charge is 2.21. The second-order valence-electron chi connectivity index (χ2n) is 5.62. The van der Waals surface area contributed by atoms with Crippen molar-refractivity contribution in [2.45, 2.75) is 45.3 Å². The van der Waals surface area contributed by atoms with E-state index in [1.807, 2.05) is 0 Å². The van der Waals surface area contributed by atoms with Crippen LogP contribution in [-0.2, 0) is 0 Å². The molecule has 0 bridgehead atoms. The maximum Gasteiger partial charge on any atom is 0.0715 e. The average molecular weight is 341 g/mol. The molecule has 20 heavy (non-hydrogen) atoms. The molecular formula is C16H25BrN2O. The van der Waals surface area contributed by atoms with Crippen LogP contribution in [0, 0.1) is 0 Å². The fourth-order valence-electron chi connectivity index (χ4n) is 2.80. The highest BCUT2D eigenvalue weighted by Crippen LogP contribution is 2.31. The smallest absolute Gasteiger partial charge is 0.0715 e. The lowest BCUT2D eigenvalue weighted by Crippen LogP contribution is -2.39. The number of nitrogens with zero attached hydrogens (tertiary/aromatic N) is 1. The molecule has 1 heterocycles. The molecule has 0 spiro atoms. The Hall–Kier alpha value is -0.580. The van der Waals surface area contributed by atoms with Gasteiger partial charge in [-0.25, -0.2) is 0 Å². The zero-order chi connectivity index (χ0) is 14.5. The van der Waals surface area contributed by atoms with Gasteiger partial charge in [-0.1, -0.05) is 22.9 Å². The van der Waals surface area contributed by atoms with Gasteiger partial charge in [0, 0.05) is 29.3 Å². The highest BCUT2D eigenvalue weighted by molar-refractivity contribution is 9.10. The Labute approximate surface area is 130 Å². The van der Waals surface area contributed by atoms with Crippen LogP contribution in [0.15, 0.2) is 22.7 Å². The number of β-amino-alcohol motifs (C(OH)–C–C–N with tert-alkyl or cyclic N) is 1. The lowest BCUT2D eigenvalue weighted by atomic mass is 10.0. The van der Waals surface area contributed by atoms with E-state index in [2.05, 4.69) is 58.2 Å². The molecular weight excluding hydrogens is 316 g/mol. The molecule has 1 saturated heterocycles. The SMILES string of the molecule is CCCNC(C)c1cc(Br)ccc1N1CCCC(O)C1. The second-order valence-corrected chi connectivity index (χ2v) is 6.54. The van der Waals surface area contributed by atoms with Crippen LogP contribution in [0.2, 0.25) is 0 Å². The first-order chi connectivity index (χ1) is 9.61. The summed E-state index contributed by atoms with van der Waals surface area (Å²) in [5.74, 6) is 0. The van der Waals surface area contributed by atoms with Crippen LogP contribution in [-0.4, -0.2) is 30.8 Å². The third-order valence-corrected chi connectivity index (χ3v) is 4.39. The molecule has 0 amide bonds. The van der Waals surface area contributed by atoms with Crippen LogP contribution in [0.5, 0.6) is 0 Å². The van der Waals surface area contributed by atoms with E-state index in [-0.39, 0.29) is 6.10 Å². The van der Waals surface area contributed by atoms with Gasteiger partial charge in [0.05, 0.1) is 6.10 Å². The summed E-state index contributed by atoms with van der Waals surface area (Å²) in [5, 5.41) is 13.5. The predicted molar refractivity (Wildman–Crippen MR) is 88.3 cm³/mol. The zero-order valence-corrected chi connectivity index (χ0v) is 14.0. The van der Waals surface area contributed by atoms with E-state index in [1.165, 1.54) is 11.3 Å². The summed E-state index contributed by atoms with van der Waals surface area (Å²) < 4.78 is 1.11. The van der Waals surface area contributed by atoms with Gasteiger partial charge >= 0.3 is 0 Å². The quantitative estimate of drug-likeness (QED) is 0.861. The average Bonchev–Trinajstić information content (AvgIpc) is 2.44. The molecule has 3 nitrogen and oxygen atoms in total. The van der Waals surface area contributed by atoms with Crippen molar-refractivity contribution in [3.05, 3.63) is 28.2 Å². The van der Waals surface area contributed by atoms with Gasteiger partial charge < -0.3 is 15.3 Å². The van der Waals surface area contributed by atoms with Crippen molar-refractivity contribution in [3.63, 3.8) is 0 Å². The fourth-order valence-corrected chi connectivity index (χ4v) is 3.18. The van der Waals surface area contributed by atoms with Crippen LogP contribution >= 0.6 is 15.9 Å². The van der Waals surface area contributed by atoms with Gasteiger partial charge in [-0.05, 0) is 56.5 Å². The van der Waals surface area contributed by atoms with E-state index in [0.29, 0.717) is 6.04 Å². The predicted octanol–water partition coefficient (Wildman–Crippen LogP) is 3.47. The Morgan fingerprint density at radius 2 is 2.30 bits per heavy atom. The standard InChI is InChI=1S/C16H25BrN2O/c1-3-8-18-12(2)15-10-13(17)6-7-16(15)19-9-4-5-14(20)11-19/h6-7,10,12,14,18,20H,3-5,8-9,11H2,1-2H3. The number of halogens is 1. The Morgan fingerprint density at radius 3 is 3.00 bits per heavy atom. The topological polar surface area (TPSA) is 35.5 Å². The molecule has 0 saturated carbocycles. The number of nitrogens with one attached hydrogen (secondary N) is 1. The third kappa shape index (κ3) is 3.96. The van der Waals surface area contributed by atoms with Crippen LogP contribution in [0.4, 0.5) is 5.69 Å². The summed E-state index contributed by atoms with van der Waals surface area (Å²) in [6, 6.07) is 6.78. The van der Waals surface area contributed by atoms with E-state index in [9.17, 15) is 5.11 Å². The van der Waals surface area contributed by atoms with Crippen LogP contribution < -0.4 is 10.2 Å². The van der Waals surface area contributed by atoms with E-state index < -0.39 is 0 Å². The molecule has 2 N–H and O–H groups in total. The highest BCUT2D eigenvalue weighted by atomic mass is 79.9. The molecule has 0 aromatic heterocycles. The van der Waals surface area contributed by atoms with Gasteiger partial charge in [0.15, 0.2) is 0 Å². The Morgan fingerprint density at radius 1 is 1.50 bits per heavy atom. The minimum absolute atomic E-state index is 0.195. The summed E-state index contributed by atoms with van der Waals surface area (Å²) in [5.41, 5.74) is 2.56. The van der Waals surface area contributed by atoms with E-state index in [1.54, 1.807) is 0 Å². The number of rotatable bonds is 5. The zero-order valence-electron chi connectivity index (χ0n) is 12.4. The molecule has 1 aromatic rings. The maximum absolute atomic E-state index is 9.90. The van der Waals surface area contributed by atoms with Crippen molar-refractivity contribution in [1.29, 1.82) is 0 Å². The molecule has 1 fully saturated rings. The molecule has 4 heteroatoms. The van der Waals surface area contributed by atoms with E-state index in [4.69, 9.17) is 0 Å². The van der Waals surface area contributed by atoms with Crippen molar-refractivity contribution in [2.24, 2.45) is 0 Å². The number of piperidine rings is 1. The van der Waals surface area contributed by atoms with E-state index >= 15 is 0 Å². The lowest BCUT2D eigenvalue weighted by molar-refractivity contribution is 0.154. The van der Waals surface area contributed by atoms with Gasteiger partial charge in [0.2, 0.25) is 0 Å². The second kappa shape index (κ2) is 7.43. The van der Waals surface area contributed by atoms with Crippen LogP contribution in [0.1, 0.15) is 44.7 Å². The third-order valence-electron chi connectivity index (χ3n) is 3.89. The van der Waals surface area contributed by atoms with Gasteiger partial charge in [-0.15, -0.1) is 0 Å². The normalized spacial score (nSPS) is 21.0. The molecule has 2 unspecified atom stereocenters. The number of benzene rings is 1. The monoisotopic (exact) mass is 340 g/mol. The summed E-state index contributed by atoms with van der Waals surface area (Å²) in [7, 11) is 0. The van der Waals surface area contributed by atoms with Crippen molar-refractivity contribution in [3.8, 4) is 0 Å². The minimum atomic E-state index is -0.195.